The molecular weight excluding hydrogens is 455 g/mol. The van der Waals surface area contributed by atoms with E-state index in [2.05, 4.69) is 33.4 Å². The number of aromatic nitrogens is 1. The first kappa shape index (κ1) is 25.6. The molecule has 1 aliphatic heterocycles. The number of likely N-dealkylation sites (tertiary alicyclic amines) is 1. The summed E-state index contributed by atoms with van der Waals surface area (Å²) in [5, 5.41) is 3.19. The number of benzene rings is 2. The number of hydrogen-bond donors (Lipinski definition) is 1. The monoisotopic (exact) mass is 490 g/mol. The van der Waals surface area contributed by atoms with Gasteiger partial charge in [0.2, 0.25) is 0 Å². The fraction of sp³-hybridized carbons (Fsp3) is 0.379. The summed E-state index contributed by atoms with van der Waals surface area (Å²) in [4.78, 5) is 21.6. The van der Waals surface area contributed by atoms with Crippen molar-refractivity contribution in [3.8, 4) is 16.9 Å². The number of pyridine rings is 1. The van der Waals surface area contributed by atoms with E-state index in [9.17, 15) is 9.18 Å². The lowest BCUT2D eigenvalue weighted by molar-refractivity contribution is 0.0908. The summed E-state index contributed by atoms with van der Waals surface area (Å²) in [5.41, 5.74) is 4.66. The van der Waals surface area contributed by atoms with Crippen LogP contribution in [0.25, 0.3) is 11.1 Å². The van der Waals surface area contributed by atoms with Crippen LogP contribution in [0.3, 0.4) is 0 Å². The zero-order chi connectivity index (χ0) is 25.7. The molecule has 2 heterocycles. The highest BCUT2D eigenvalue weighted by atomic mass is 19.1. The molecule has 0 radical (unpaired) electrons. The van der Waals surface area contributed by atoms with Crippen molar-refractivity contribution in [2.45, 2.75) is 39.3 Å². The van der Waals surface area contributed by atoms with E-state index in [4.69, 9.17) is 4.74 Å². The van der Waals surface area contributed by atoms with E-state index < -0.39 is 0 Å². The lowest BCUT2D eigenvalue weighted by Crippen LogP contribution is -2.44. The number of hydrogen-bond acceptors (Lipinski definition) is 5. The molecular formula is C29H35FN4O2. The van der Waals surface area contributed by atoms with Crippen LogP contribution in [-0.2, 0) is 6.54 Å². The first-order chi connectivity index (χ1) is 17.3. The minimum absolute atomic E-state index is 0.0629. The molecule has 0 atom stereocenters. The number of piperidine rings is 1. The number of carbonyl (C=O) groups excluding carboxylic acids is 1. The van der Waals surface area contributed by atoms with Crippen molar-refractivity contribution in [3.63, 3.8) is 0 Å². The van der Waals surface area contributed by atoms with Gasteiger partial charge in [0.15, 0.2) is 0 Å². The van der Waals surface area contributed by atoms with Gasteiger partial charge in [0, 0.05) is 51.5 Å². The van der Waals surface area contributed by atoms with Gasteiger partial charge in [-0.25, -0.2) is 9.37 Å². The van der Waals surface area contributed by atoms with Crippen molar-refractivity contribution in [1.82, 2.24) is 15.2 Å². The Morgan fingerprint density at radius 3 is 2.50 bits per heavy atom. The maximum atomic E-state index is 13.4. The van der Waals surface area contributed by atoms with Crippen LogP contribution in [0.4, 0.5) is 10.2 Å². The molecule has 190 valence electrons. The van der Waals surface area contributed by atoms with Crippen molar-refractivity contribution < 1.29 is 13.9 Å². The molecule has 1 aromatic heterocycles. The molecule has 7 heteroatoms. The molecule has 1 amide bonds. The molecule has 1 N–H and O–H groups in total. The van der Waals surface area contributed by atoms with Gasteiger partial charge in [-0.1, -0.05) is 24.3 Å². The molecule has 1 fully saturated rings. The van der Waals surface area contributed by atoms with Crippen LogP contribution in [-0.4, -0.2) is 55.6 Å². The van der Waals surface area contributed by atoms with Crippen LogP contribution in [0.2, 0.25) is 0 Å². The Labute approximate surface area is 213 Å². The van der Waals surface area contributed by atoms with Crippen molar-refractivity contribution >= 4 is 11.7 Å². The smallest absolute Gasteiger partial charge is 0.253 e. The number of ether oxygens (including phenoxy) is 1. The molecule has 0 unspecified atom stereocenters. The lowest BCUT2D eigenvalue weighted by Gasteiger charge is -2.32. The SMILES string of the molecule is CCOc1cc(CN2CCC(NC(=O)c3cnc(N(C)C)c(C)c3)CC2)ccc1-c1ccc(F)cc1. The highest BCUT2D eigenvalue weighted by Crippen LogP contribution is 2.32. The van der Waals surface area contributed by atoms with E-state index in [0.29, 0.717) is 12.2 Å². The maximum Gasteiger partial charge on any atom is 0.253 e. The third-order valence-electron chi connectivity index (χ3n) is 6.57. The topological polar surface area (TPSA) is 57.7 Å². The molecule has 0 saturated carbocycles. The zero-order valence-electron chi connectivity index (χ0n) is 21.6. The second-order valence-electron chi connectivity index (χ2n) is 9.55. The molecule has 4 rings (SSSR count). The van der Waals surface area contributed by atoms with Gasteiger partial charge in [0.05, 0.1) is 12.2 Å². The van der Waals surface area contributed by atoms with Gasteiger partial charge in [-0.05, 0) is 67.6 Å². The first-order valence-corrected chi connectivity index (χ1v) is 12.5. The van der Waals surface area contributed by atoms with Crippen molar-refractivity contribution in [1.29, 1.82) is 0 Å². The summed E-state index contributed by atoms with van der Waals surface area (Å²) < 4.78 is 19.3. The molecule has 1 aliphatic rings. The molecule has 36 heavy (non-hydrogen) atoms. The number of nitrogens with one attached hydrogen (secondary N) is 1. The van der Waals surface area contributed by atoms with E-state index >= 15 is 0 Å². The van der Waals surface area contributed by atoms with Gasteiger partial charge in [0.25, 0.3) is 5.91 Å². The molecule has 3 aromatic rings. The number of rotatable bonds is 8. The van der Waals surface area contributed by atoms with E-state index in [-0.39, 0.29) is 17.8 Å². The standard InChI is InChI=1S/C29H35FN4O2/c1-5-36-27-17-21(6-11-26(27)22-7-9-24(30)10-8-22)19-34-14-12-25(13-15-34)32-29(35)23-16-20(2)28(31-18-23)33(3)4/h6-11,16-18,25H,5,12-15,19H2,1-4H3,(H,32,35). The van der Waals surface area contributed by atoms with Gasteiger partial charge in [0.1, 0.15) is 17.4 Å². The Morgan fingerprint density at radius 2 is 1.86 bits per heavy atom. The highest BCUT2D eigenvalue weighted by Gasteiger charge is 2.22. The van der Waals surface area contributed by atoms with Gasteiger partial charge in [-0.15, -0.1) is 0 Å². The predicted octanol–water partition coefficient (Wildman–Crippen LogP) is 5.06. The minimum Gasteiger partial charge on any atom is -0.493 e. The maximum absolute atomic E-state index is 13.4. The van der Waals surface area contributed by atoms with Gasteiger partial charge in [-0.3, -0.25) is 9.69 Å². The van der Waals surface area contributed by atoms with Crippen molar-refractivity contribution in [2.75, 3.05) is 38.7 Å². The van der Waals surface area contributed by atoms with Crippen LogP contribution in [0.15, 0.2) is 54.7 Å². The van der Waals surface area contributed by atoms with Crippen LogP contribution in [0.5, 0.6) is 5.75 Å². The second-order valence-corrected chi connectivity index (χ2v) is 9.55. The largest absolute Gasteiger partial charge is 0.493 e. The Bertz CT molecular complexity index is 1190. The van der Waals surface area contributed by atoms with E-state index in [0.717, 1.165) is 60.7 Å². The molecule has 0 aliphatic carbocycles. The predicted molar refractivity (Wildman–Crippen MR) is 142 cm³/mol. The molecule has 2 aromatic carbocycles. The molecule has 0 bridgehead atoms. The summed E-state index contributed by atoms with van der Waals surface area (Å²) >= 11 is 0. The third kappa shape index (κ3) is 6.21. The van der Waals surface area contributed by atoms with Crippen LogP contribution < -0.4 is 15.0 Å². The quantitative estimate of drug-likeness (QED) is 0.479. The fourth-order valence-corrected chi connectivity index (χ4v) is 4.73. The van der Waals surface area contributed by atoms with Gasteiger partial charge >= 0.3 is 0 Å². The number of anilines is 1. The Balaban J connectivity index is 1.34. The summed E-state index contributed by atoms with van der Waals surface area (Å²) in [5.74, 6) is 1.38. The van der Waals surface area contributed by atoms with E-state index in [1.165, 1.54) is 17.7 Å². The number of nitrogens with zero attached hydrogens (tertiary/aromatic N) is 3. The summed E-state index contributed by atoms with van der Waals surface area (Å²) in [6.07, 6.45) is 3.46. The summed E-state index contributed by atoms with van der Waals surface area (Å²) in [6, 6.07) is 14.8. The number of halogens is 1. The fourth-order valence-electron chi connectivity index (χ4n) is 4.73. The van der Waals surface area contributed by atoms with Gasteiger partial charge < -0.3 is 15.0 Å². The summed E-state index contributed by atoms with van der Waals surface area (Å²) in [7, 11) is 3.89. The highest BCUT2D eigenvalue weighted by molar-refractivity contribution is 5.94. The number of amides is 1. The Morgan fingerprint density at radius 1 is 1.14 bits per heavy atom. The zero-order valence-corrected chi connectivity index (χ0v) is 21.6. The summed E-state index contributed by atoms with van der Waals surface area (Å²) in [6.45, 7) is 7.14. The van der Waals surface area contributed by atoms with Crippen LogP contribution >= 0.6 is 0 Å². The van der Waals surface area contributed by atoms with Crippen molar-refractivity contribution in [2.24, 2.45) is 0 Å². The average Bonchev–Trinajstić information content (AvgIpc) is 2.86. The second kappa shape index (κ2) is 11.5. The lowest BCUT2D eigenvalue weighted by atomic mass is 10.0. The van der Waals surface area contributed by atoms with Crippen LogP contribution in [0, 0.1) is 12.7 Å². The molecule has 1 saturated heterocycles. The first-order valence-electron chi connectivity index (χ1n) is 12.5. The molecule has 0 spiro atoms. The Hall–Kier alpha value is -3.45. The third-order valence-corrected chi connectivity index (χ3v) is 6.57. The Kier molecular flexibility index (Phi) is 8.21. The molecule has 6 nitrogen and oxygen atoms in total. The van der Waals surface area contributed by atoms with Crippen LogP contribution in [0.1, 0.15) is 41.3 Å². The minimum atomic E-state index is -0.248. The number of aryl methyl sites for hydroxylation is 1. The number of carbonyl (C=O) groups is 1. The average molecular weight is 491 g/mol. The van der Waals surface area contributed by atoms with Gasteiger partial charge in [-0.2, -0.15) is 0 Å². The van der Waals surface area contributed by atoms with E-state index in [1.54, 1.807) is 18.3 Å². The normalized spacial score (nSPS) is 14.5. The van der Waals surface area contributed by atoms with Crippen molar-refractivity contribution in [3.05, 3.63) is 77.2 Å². The van der Waals surface area contributed by atoms with E-state index in [1.807, 2.05) is 38.9 Å².